The Kier molecular flexibility index (Phi) is 2.20. The smallest absolute Gasteiger partial charge is 0.354 e. The summed E-state index contributed by atoms with van der Waals surface area (Å²) in [6, 6.07) is 0. The van der Waals surface area contributed by atoms with Crippen LogP contribution in [0.15, 0.2) is 0 Å². The molecule has 4 bridgehead atoms. The van der Waals surface area contributed by atoms with E-state index >= 15 is 0 Å². The van der Waals surface area contributed by atoms with Gasteiger partial charge in [0.15, 0.2) is 0 Å². The molecule has 1 saturated heterocycles. The summed E-state index contributed by atoms with van der Waals surface area (Å²) in [5.74, 6) is -9.02. The van der Waals surface area contributed by atoms with E-state index in [9.17, 15) is 27.1 Å². The highest BCUT2D eigenvalue weighted by Gasteiger charge is 2.92. The summed E-state index contributed by atoms with van der Waals surface area (Å²) in [6.07, 6.45) is -2.49. The Morgan fingerprint density at radius 1 is 0.900 bits per heavy atom. The van der Waals surface area contributed by atoms with E-state index in [4.69, 9.17) is 0 Å². The predicted molar refractivity (Wildman–Crippen MR) is 56.8 cm³/mol. The molecule has 114 valence electrons. The second kappa shape index (κ2) is 3.32. The third kappa shape index (κ3) is 1.16. The van der Waals surface area contributed by atoms with Gasteiger partial charge in [0.1, 0.15) is 5.60 Å². The first kappa shape index (κ1) is 13.2. The third-order valence-corrected chi connectivity index (χ3v) is 5.97. The average Bonchev–Trinajstić information content (AvgIpc) is 2.30. The number of hydrogen-bond donors (Lipinski definition) is 1. The van der Waals surface area contributed by atoms with E-state index in [2.05, 4.69) is 4.74 Å². The highest BCUT2D eigenvalue weighted by molar-refractivity contribution is 5.24. The highest BCUT2D eigenvalue weighted by atomic mass is 19.4. The first-order valence-corrected chi connectivity index (χ1v) is 6.99. The Balaban J connectivity index is 1.74. The first-order chi connectivity index (χ1) is 9.12. The largest absolute Gasteiger partial charge is 0.449 e. The Hall–Kier alpha value is -0.430. The van der Waals surface area contributed by atoms with Crippen molar-refractivity contribution in [2.45, 2.75) is 55.6 Å². The molecule has 4 aliphatic carbocycles. The molecule has 0 aromatic carbocycles. The number of hydrogen-bond acceptors (Lipinski definition) is 2. The fraction of sp³-hybridized carbons (Fsp3) is 1.00. The van der Waals surface area contributed by atoms with Crippen LogP contribution in [-0.4, -0.2) is 28.6 Å². The Morgan fingerprint density at radius 2 is 1.35 bits per heavy atom. The van der Waals surface area contributed by atoms with Gasteiger partial charge in [-0.05, 0) is 55.8 Å². The second-order valence-corrected chi connectivity index (χ2v) is 6.92. The molecule has 7 heteroatoms. The minimum Gasteiger partial charge on any atom is -0.354 e. The molecular formula is C13H15F5O2. The van der Waals surface area contributed by atoms with Gasteiger partial charge in [0.05, 0.1) is 0 Å². The summed E-state index contributed by atoms with van der Waals surface area (Å²) in [5, 5.41) is 9.33. The maximum atomic E-state index is 14.4. The monoisotopic (exact) mass is 298 g/mol. The molecule has 1 unspecified atom stereocenters. The lowest BCUT2D eigenvalue weighted by Crippen LogP contribution is -2.88. The molecule has 1 N–H and O–H groups in total. The Bertz CT molecular complexity index is 432. The molecule has 1 aliphatic heterocycles. The highest BCUT2D eigenvalue weighted by Crippen LogP contribution is 2.73. The normalized spacial score (nSPS) is 56.1. The third-order valence-electron chi connectivity index (χ3n) is 5.97. The minimum atomic E-state index is -5.48. The minimum absolute atomic E-state index is 0.335. The van der Waals surface area contributed by atoms with Crippen LogP contribution in [0.25, 0.3) is 0 Å². The summed E-state index contributed by atoms with van der Waals surface area (Å²) in [4.78, 5) is 0. The topological polar surface area (TPSA) is 29.5 Å². The predicted octanol–water partition coefficient (Wildman–Crippen LogP) is 3.10. The molecule has 4 saturated carbocycles. The van der Waals surface area contributed by atoms with E-state index in [0.29, 0.717) is 37.5 Å². The summed E-state index contributed by atoms with van der Waals surface area (Å²) < 4.78 is 71.6. The van der Waals surface area contributed by atoms with Crippen molar-refractivity contribution in [1.82, 2.24) is 0 Å². The fourth-order valence-corrected chi connectivity index (χ4v) is 5.39. The maximum Gasteiger partial charge on any atom is 0.449 e. The standard InChI is InChI=1S/C13H15F5O2/c14-11(15)10(20-12(11,19)13(16,17)18)8-2-6-1-7(4-8)5-9(10)3-6/h6-9,19H,1-5H2. The van der Waals surface area contributed by atoms with Gasteiger partial charge in [-0.2, -0.15) is 22.0 Å². The van der Waals surface area contributed by atoms with Crippen LogP contribution in [-0.2, 0) is 4.74 Å². The maximum absolute atomic E-state index is 14.4. The number of aliphatic hydroxyl groups is 1. The van der Waals surface area contributed by atoms with Crippen molar-refractivity contribution in [2.24, 2.45) is 23.7 Å². The van der Waals surface area contributed by atoms with Crippen LogP contribution in [0.5, 0.6) is 0 Å². The van der Waals surface area contributed by atoms with Gasteiger partial charge in [0.2, 0.25) is 0 Å². The molecule has 0 amide bonds. The van der Waals surface area contributed by atoms with Gasteiger partial charge < -0.3 is 9.84 Å². The van der Waals surface area contributed by atoms with E-state index in [1.807, 2.05) is 0 Å². The van der Waals surface area contributed by atoms with Crippen LogP contribution >= 0.6 is 0 Å². The van der Waals surface area contributed by atoms with Crippen LogP contribution in [0.3, 0.4) is 0 Å². The van der Waals surface area contributed by atoms with E-state index in [1.54, 1.807) is 0 Å². The van der Waals surface area contributed by atoms with E-state index in [-0.39, 0.29) is 0 Å². The van der Waals surface area contributed by atoms with Crippen molar-refractivity contribution in [3.8, 4) is 0 Å². The van der Waals surface area contributed by atoms with E-state index in [1.165, 1.54) is 0 Å². The molecule has 0 aromatic heterocycles. The summed E-state index contributed by atoms with van der Waals surface area (Å²) >= 11 is 0. The average molecular weight is 298 g/mol. The van der Waals surface area contributed by atoms with Crippen LogP contribution < -0.4 is 0 Å². The molecule has 0 aromatic rings. The Labute approximate surface area is 112 Å². The van der Waals surface area contributed by atoms with Crippen molar-refractivity contribution in [2.75, 3.05) is 0 Å². The van der Waals surface area contributed by atoms with Gasteiger partial charge >= 0.3 is 17.9 Å². The Morgan fingerprint density at radius 3 is 1.70 bits per heavy atom. The zero-order valence-electron chi connectivity index (χ0n) is 10.6. The van der Waals surface area contributed by atoms with Gasteiger partial charge in [-0.3, -0.25) is 0 Å². The van der Waals surface area contributed by atoms with E-state index in [0.717, 1.165) is 6.42 Å². The van der Waals surface area contributed by atoms with Crippen molar-refractivity contribution >= 4 is 0 Å². The number of alkyl halides is 5. The molecule has 5 aliphatic rings. The number of ether oxygens (including phenoxy) is 1. The quantitative estimate of drug-likeness (QED) is 0.696. The van der Waals surface area contributed by atoms with Gasteiger partial charge in [0.25, 0.3) is 0 Å². The van der Waals surface area contributed by atoms with Crippen LogP contribution in [0.1, 0.15) is 32.1 Å². The van der Waals surface area contributed by atoms with Gasteiger partial charge in [-0.15, -0.1) is 0 Å². The van der Waals surface area contributed by atoms with Crippen molar-refractivity contribution in [3.05, 3.63) is 0 Å². The molecule has 5 fully saturated rings. The molecule has 1 atom stereocenters. The number of halogens is 5. The SMILES string of the molecule is OC1(C(F)(F)F)OC2(C3CC4CC(C3)CC2C4)C1(F)F. The van der Waals surface area contributed by atoms with Gasteiger partial charge in [-0.25, -0.2) is 0 Å². The molecule has 0 radical (unpaired) electrons. The molecule has 20 heavy (non-hydrogen) atoms. The lowest BCUT2D eigenvalue weighted by molar-refractivity contribution is -0.580. The zero-order chi connectivity index (χ0) is 14.6. The molecular weight excluding hydrogens is 283 g/mol. The molecule has 5 rings (SSSR count). The number of rotatable bonds is 0. The fourth-order valence-electron chi connectivity index (χ4n) is 5.39. The lowest BCUT2D eigenvalue weighted by atomic mass is 9.46. The van der Waals surface area contributed by atoms with Crippen LogP contribution in [0.4, 0.5) is 22.0 Å². The van der Waals surface area contributed by atoms with Crippen molar-refractivity contribution < 1.29 is 31.8 Å². The van der Waals surface area contributed by atoms with Crippen LogP contribution in [0.2, 0.25) is 0 Å². The zero-order valence-corrected chi connectivity index (χ0v) is 10.6. The lowest BCUT2D eigenvalue weighted by Gasteiger charge is -2.70. The first-order valence-electron chi connectivity index (χ1n) is 6.99. The summed E-state index contributed by atoms with van der Waals surface area (Å²) in [5.41, 5.74) is -2.09. The molecule has 1 spiro atoms. The van der Waals surface area contributed by atoms with Gasteiger partial charge in [0, 0.05) is 0 Å². The van der Waals surface area contributed by atoms with Crippen LogP contribution in [0, 0.1) is 23.7 Å². The second-order valence-electron chi connectivity index (χ2n) is 6.92. The molecule has 1 heterocycles. The summed E-state index contributed by atoms with van der Waals surface area (Å²) in [6.45, 7) is 0. The van der Waals surface area contributed by atoms with Crippen molar-refractivity contribution in [3.63, 3.8) is 0 Å². The van der Waals surface area contributed by atoms with E-state index < -0.39 is 35.3 Å². The van der Waals surface area contributed by atoms with Gasteiger partial charge in [-0.1, -0.05) is 0 Å². The summed E-state index contributed by atoms with van der Waals surface area (Å²) in [7, 11) is 0. The van der Waals surface area contributed by atoms with Crippen molar-refractivity contribution in [1.29, 1.82) is 0 Å². The molecule has 2 nitrogen and oxygen atoms in total.